The minimum Gasteiger partial charge on any atom is -0.496 e. The summed E-state index contributed by atoms with van der Waals surface area (Å²) in [6, 6.07) is 22.6. The fourth-order valence-electron chi connectivity index (χ4n) is 6.97. The number of ether oxygens (including phenoxy) is 3. The van der Waals surface area contributed by atoms with E-state index in [1.165, 1.54) is 30.6 Å². The Hall–Kier alpha value is -5.33. The summed E-state index contributed by atoms with van der Waals surface area (Å²) in [6.45, 7) is 7.74. The lowest BCUT2D eigenvalue weighted by atomic mass is 9.94. The highest BCUT2D eigenvalue weighted by atomic mass is 32.1. The van der Waals surface area contributed by atoms with Crippen molar-refractivity contribution in [2.75, 3.05) is 20.2 Å². The van der Waals surface area contributed by atoms with Crippen LogP contribution in [0.3, 0.4) is 0 Å². The molecule has 6 aromatic rings. The fraction of sp³-hybridized carbons (Fsp3) is 0.286. The number of rotatable bonds is 6. The molecule has 8 rings (SSSR count). The second kappa shape index (κ2) is 14.5. The average Bonchev–Trinajstić information content (AvgIpc) is 3.83. The summed E-state index contributed by atoms with van der Waals surface area (Å²) in [6.07, 6.45) is 0.601. The lowest BCUT2D eigenvalue weighted by molar-refractivity contribution is 0.0224. The molecule has 0 saturated heterocycles. The monoisotopic (exact) mass is 762 g/mol. The minimum absolute atomic E-state index is 0.206. The number of halogens is 1. The zero-order valence-electron chi connectivity index (χ0n) is 30.5. The van der Waals surface area contributed by atoms with Crippen molar-refractivity contribution >= 4 is 44.9 Å². The van der Waals surface area contributed by atoms with Gasteiger partial charge in [0.15, 0.2) is 0 Å². The Balaban J connectivity index is 1.17. The highest BCUT2D eigenvalue weighted by Gasteiger charge is 2.30. The van der Waals surface area contributed by atoms with Gasteiger partial charge in [0, 0.05) is 63.8 Å². The maximum atomic E-state index is 14.5. The van der Waals surface area contributed by atoms with Crippen LogP contribution in [0.4, 0.5) is 14.0 Å². The van der Waals surface area contributed by atoms with Crippen molar-refractivity contribution in [3.8, 4) is 38.8 Å². The molecule has 54 heavy (non-hydrogen) atoms. The Morgan fingerprint density at radius 2 is 1.67 bits per heavy atom. The summed E-state index contributed by atoms with van der Waals surface area (Å²) >= 11 is 3.10. The highest BCUT2D eigenvalue weighted by Crippen LogP contribution is 2.47. The standard InChI is InChI=1S/C42H39FN4O5S2/c1-42(2,3)52-41(49)46-17-14-26-20-27(10-11-28(26)22-46)36-31-16-19-53-38(31)35(30-13-12-29(43)21-33(30)50-4)37(45-36)39-44-32-15-18-47(23-34(32)54-39)40(48)51-24-25-8-6-5-7-9-25/h5-13,16,19-21H,14-15,17-18,22-24H2,1-4H3. The molecule has 0 aliphatic carbocycles. The average molecular weight is 763 g/mol. The molecule has 2 amide bonds. The number of thiazole rings is 1. The van der Waals surface area contributed by atoms with E-state index in [1.54, 1.807) is 27.2 Å². The molecule has 0 fully saturated rings. The zero-order chi connectivity index (χ0) is 37.6. The summed E-state index contributed by atoms with van der Waals surface area (Å²) in [4.78, 5) is 41.0. The van der Waals surface area contributed by atoms with Gasteiger partial charge in [-0.15, -0.1) is 22.7 Å². The number of thiophene rings is 1. The molecular formula is C42H39FN4O5S2. The van der Waals surface area contributed by atoms with E-state index < -0.39 is 11.4 Å². The number of carbonyl (C=O) groups is 2. The molecule has 0 atom stereocenters. The SMILES string of the molecule is COc1cc(F)ccc1-c1c(-c2nc3c(s2)CN(C(=O)OCc2ccccc2)CC3)nc(-c2ccc3c(c2)CCN(C(=O)OC(C)(C)C)C3)c2ccsc12. The first kappa shape index (κ1) is 35.7. The van der Waals surface area contributed by atoms with Gasteiger partial charge in [-0.3, -0.25) is 0 Å². The van der Waals surface area contributed by atoms with E-state index in [2.05, 4.69) is 24.3 Å². The third kappa shape index (κ3) is 7.15. The number of methoxy groups -OCH3 is 1. The van der Waals surface area contributed by atoms with Crippen LogP contribution in [0.2, 0.25) is 0 Å². The molecule has 0 radical (unpaired) electrons. The summed E-state index contributed by atoms with van der Waals surface area (Å²) in [7, 11) is 1.54. The quantitative estimate of drug-likeness (QED) is 0.167. The third-order valence-corrected chi connectivity index (χ3v) is 11.6. The van der Waals surface area contributed by atoms with E-state index in [0.717, 1.165) is 54.2 Å². The van der Waals surface area contributed by atoms with Crippen molar-refractivity contribution in [3.05, 3.63) is 111 Å². The highest BCUT2D eigenvalue weighted by molar-refractivity contribution is 7.18. The van der Waals surface area contributed by atoms with Crippen molar-refractivity contribution in [2.24, 2.45) is 0 Å². The second-order valence-electron chi connectivity index (χ2n) is 14.4. The van der Waals surface area contributed by atoms with E-state index in [1.807, 2.05) is 56.5 Å². The number of hydrogen-bond donors (Lipinski definition) is 0. The molecule has 0 spiro atoms. The first-order chi connectivity index (χ1) is 26.0. The molecule has 276 valence electrons. The summed E-state index contributed by atoms with van der Waals surface area (Å²) < 4.78 is 32.5. The van der Waals surface area contributed by atoms with Gasteiger partial charge in [0.1, 0.15) is 34.5 Å². The van der Waals surface area contributed by atoms with Crippen LogP contribution in [0.5, 0.6) is 5.75 Å². The number of benzene rings is 3. The second-order valence-corrected chi connectivity index (χ2v) is 16.4. The van der Waals surface area contributed by atoms with Crippen LogP contribution in [0.15, 0.2) is 78.2 Å². The van der Waals surface area contributed by atoms with Crippen LogP contribution in [0, 0.1) is 5.82 Å². The normalized spacial score (nSPS) is 14.1. The summed E-state index contributed by atoms with van der Waals surface area (Å²) in [5, 5.41) is 3.72. The lowest BCUT2D eigenvalue weighted by Gasteiger charge is -2.31. The predicted molar refractivity (Wildman–Crippen MR) is 209 cm³/mol. The topological polar surface area (TPSA) is 94.1 Å². The smallest absolute Gasteiger partial charge is 0.410 e. The van der Waals surface area contributed by atoms with E-state index in [9.17, 15) is 14.0 Å². The lowest BCUT2D eigenvalue weighted by Crippen LogP contribution is -2.39. The number of nitrogens with zero attached hydrogens (tertiary/aromatic N) is 4. The number of pyridine rings is 1. The minimum atomic E-state index is -0.564. The molecule has 3 aromatic heterocycles. The van der Waals surface area contributed by atoms with Crippen molar-refractivity contribution in [2.45, 2.75) is 58.9 Å². The van der Waals surface area contributed by atoms with Crippen molar-refractivity contribution in [3.63, 3.8) is 0 Å². The molecule has 0 unspecified atom stereocenters. The van der Waals surface area contributed by atoms with Gasteiger partial charge in [0.2, 0.25) is 0 Å². The molecule has 0 bridgehead atoms. The van der Waals surface area contributed by atoms with E-state index in [4.69, 9.17) is 24.2 Å². The fourth-order valence-corrected chi connectivity index (χ4v) is 9.04. The third-order valence-electron chi connectivity index (χ3n) is 9.58. The number of carbonyl (C=O) groups excluding carboxylic acids is 2. The van der Waals surface area contributed by atoms with Gasteiger partial charge in [-0.25, -0.2) is 23.9 Å². The Kier molecular flexibility index (Phi) is 9.57. The van der Waals surface area contributed by atoms with Crippen molar-refractivity contribution in [1.82, 2.24) is 19.8 Å². The number of hydrogen-bond acceptors (Lipinski definition) is 9. The maximum absolute atomic E-state index is 14.5. The Labute approximate surface area is 321 Å². The van der Waals surface area contributed by atoms with Gasteiger partial charge in [0.25, 0.3) is 0 Å². The largest absolute Gasteiger partial charge is 0.496 e. The van der Waals surface area contributed by atoms with Crippen LogP contribution in [0.25, 0.3) is 43.2 Å². The van der Waals surface area contributed by atoms with Crippen LogP contribution >= 0.6 is 22.7 Å². The number of aromatic nitrogens is 2. The van der Waals surface area contributed by atoms with Gasteiger partial charge in [-0.1, -0.05) is 42.5 Å². The van der Waals surface area contributed by atoms with Gasteiger partial charge in [-0.2, -0.15) is 0 Å². The van der Waals surface area contributed by atoms with E-state index in [-0.39, 0.29) is 18.8 Å². The van der Waals surface area contributed by atoms with Crippen LogP contribution in [-0.2, 0) is 42.0 Å². The van der Waals surface area contributed by atoms with E-state index >= 15 is 0 Å². The Morgan fingerprint density at radius 3 is 2.46 bits per heavy atom. The Morgan fingerprint density at radius 1 is 0.870 bits per heavy atom. The first-order valence-electron chi connectivity index (χ1n) is 17.8. The van der Waals surface area contributed by atoms with Crippen LogP contribution in [-0.4, -0.2) is 57.8 Å². The molecule has 5 heterocycles. The van der Waals surface area contributed by atoms with Crippen LogP contribution < -0.4 is 4.74 Å². The zero-order valence-corrected chi connectivity index (χ0v) is 32.1. The first-order valence-corrected chi connectivity index (χ1v) is 19.5. The van der Waals surface area contributed by atoms with Crippen molar-refractivity contribution in [1.29, 1.82) is 0 Å². The molecule has 9 nitrogen and oxygen atoms in total. The van der Waals surface area contributed by atoms with Gasteiger partial charge in [0.05, 0.1) is 25.0 Å². The summed E-state index contributed by atoms with van der Waals surface area (Å²) in [5.74, 6) is 0.00452. The summed E-state index contributed by atoms with van der Waals surface area (Å²) in [5.41, 5.74) is 7.48. The molecule has 0 saturated carbocycles. The maximum Gasteiger partial charge on any atom is 0.410 e. The van der Waals surface area contributed by atoms with Gasteiger partial charge >= 0.3 is 12.2 Å². The van der Waals surface area contributed by atoms with Gasteiger partial charge in [-0.05, 0) is 73.5 Å². The molecule has 12 heteroatoms. The van der Waals surface area contributed by atoms with E-state index in [0.29, 0.717) is 61.0 Å². The molecule has 2 aliphatic heterocycles. The molecule has 2 aliphatic rings. The Bertz CT molecular complexity index is 2390. The molecular weight excluding hydrogens is 724 g/mol. The van der Waals surface area contributed by atoms with Gasteiger partial charge < -0.3 is 24.0 Å². The van der Waals surface area contributed by atoms with Crippen molar-refractivity contribution < 1.29 is 28.2 Å². The predicted octanol–water partition coefficient (Wildman–Crippen LogP) is 9.89. The number of amides is 2. The molecule has 3 aromatic carbocycles. The van der Waals surface area contributed by atoms with Crippen LogP contribution in [0.1, 0.15) is 48.0 Å². The molecule has 0 N–H and O–H groups in total. The number of fused-ring (bicyclic) bond motifs is 3.